The Morgan fingerprint density at radius 3 is 2.28 bits per heavy atom. The van der Waals surface area contributed by atoms with E-state index in [1.807, 2.05) is 0 Å². The topological polar surface area (TPSA) is 67.8 Å². The van der Waals surface area contributed by atoms with Crippen molar-refractivity contribution < 1.29 is 8.42 Å². The molecule has 0 unspecified atom stereocenters. The lowest BCUT2D eigenvalue weighted by molar-refractivity contribution is 0.320. The molecule has 0 amide bonds. The second-order valence-electron chi connectivity index (χ2n) is 4.35. The van der Waals surface area contributed by atoms with Gasteiger partial charge in [-0.05, 0) is 12.8 Å². The summed E-state index contributed by atoms with van der Waals surface area (Å²) in [5.74, 6) is 0. The molecule has 6 heteroatoms. The molecule has 5 nitrogen and oxygen atoms in total. The first-order valence-corrected chi connectivity index (χ1v) is 7.21. The highest BCUT2D eigenvalue weighted by atomic mass is 32.2. The molecule has 0 atom stereocenters. The molecule has 1 aromatic rings. The molecule has 0 saturated carbocycles. The van der Waals surface area contributed by atoms with Gasteiger partial charge in [0.1, 0.15) is 0 Å². The Morgan fingerprint density at radius 1 is 1.22 bits per heavy atom. The van der Waals surface area contributed by atoms with Crippen LogP contribution in [0.2, 0.25) is 0 Å². The van der Waals surface area contributed by atoms with E-state index in [1.54, 1.807) is 0 Å². The molecule has 0 aliphatic carbocycles. The third-order valence-corrected chi connectivity index (χ3v) is 5.02. The van der Waals surface area contributed by atoms with E-state index in [2.05, 4.69) is 4.85 Å². The predicted octanol–water partition coefficient (Wildman–Crippen LogP) is 1.35. The highest BCUT2D eigenvalue weighted by Gasteiger charge is 2.27. The minimum atomic E-state index is -3.44. The highest BCUT2D eigenvalue weighted by molar-refractivity contribution is 7.89. The maximum atomic E-state index is 12.3. The van der Waals surface area contributed by atoms with Crippen LogP contribution in [0, 0.1) is 6.57 Å². The quantitative estimate of drug-likeness (QED) is 0.821. The van der Waals surface area contributed by atoms with Crippen LogP contribution in [0.3, 0.4) is 0 Å². The Bertz CT molecular complexity index is 552. The molecule has 0 radical (unpaired) electrons. The molecular weight excluding hydrogens is 250 g/mol. The van der Waals surface area contributed by atoms with E-state index >= 15 is 0 Å². The second-order valence-corrected chi connectivity index (χ2v) is 6.29. The number of benzene rings is 1. The molecule has 1 aliphatic heterocycles. The molecule has 1 saturated heterocycles. The first-order valence-electron chi connectivity index (χ1n) is 5.77. The van der Waals surface area contributed by atoms with Gasteiger partial charge in [-0.25, -0.2) is 13.3 Å². The molecule has 1 aromatic carbocycles. The maximum absolute atomic E-state index is 12.3. The number of rotatable bonds is 2. The average Bonchev–Trinajstić information content (AvgIpc) is 2.39. The van der Waals surface area contributed by atoms with Gasteiger partial charge in [0.2, 0.25) is 10.0 Å². The fourth-order valence-corrected chi connectivity index (χ4v) is 3.43. The van der Waals surface area contributed by atoms with Crippen molar-refractivity contribution in [1.29, 1.82) is 0 Å². The summed E-state index contributed by atoms with van der Waals surface area (Å²) in [6, 6.07) is 6.11. The first kappa shape index (κ1) is 13.0. The van der Waals surface area contributed by atoms with Gasteiger partial charge in [-0.3, -0.25) is 0 Å². The fraction of sp³-hybridized carbons (Fsp3) is 0.417. The monoisotopic (exact) mass is 265 g/mol. The Hall–Kier alpha value is -1.42. The third-order valence-electron chi connectivity index (χ3n) is 3.10. The molecule has 0 spiro atoms. The molecule has 2 N–H and O–H groups in total. The van der Waals surface area contributed by atoms with E-state index in [1.165, 1.54) is 28.6 Å². The van der Waals surface area contributed by atoms with Crippen molar-refractivity contribution in [2.24, 2.45) is 5.73 Å². The number of piperidine rings is 1. The lowest BCUT2D eigenvalue weighted by Gasteiger charge is -2.29. The van der Waals surface area contributed by atoms with E-state index in [-0.39, 0.29) is 10.9 Å². The number of hydrogen-bond acceptors (Lipinski definition) is 3. The third kappa shape index (κ3) is 2.53. The summed E-state index contributed by atoms with van der Waals surface area (Å²) >= 11 is 0. The Balaban J connectivity index is 2.22. The largest absolute Gasteiger partial charge is 0.328 e. The van der Waals surface area contributed by atoms with Crippen molar-refractivity contribution in [2.45, 2.75) is 23.8 Å². The van der Waals surface area contributed by atoms with Crippen LogP contribution in [0.25, 0.3) is 4.85 Å². The maximum Gasteiger partial charge on any atom is 0.242 e. The minimum absolute atomic E-state index is 0.0981. The van der Waals surface area contributed by atoms with Gasteiger partial charge in [0, 0.05) is 19.1 Å². The Labute approximate surface area is 107 Å². The van der Waals surface area contributed by atoms with E-state index in [0.29, 0.717) is 31.6 Å². The summed E-state index contributed by atoms with van der Waals surface area (Å²) in [5, 5.41) is 0. The number of nitrogens with zero attached hydrogens (tertiary/aromatic N) is 2. The van der Waals surface area contributed by atoms with Crippen molar-refractivity contribution in [1.82, 2.24) is 4.31 Å². The standard InChI is InChI=1S/C12H15N3O2S/c1-14-11-2-4-12(5-3-11)18(16,17)15-8-6-10(13)7-9-15/h2-5,10H,6-9,13H2. The molecule has 1 fully saturated rings. The van der Waals surface area contributed by atoms with Crippen LogP contribution in [0.15, 0.2) is 29.2 Å². The van der Waals surface area contributed by atoms with Gasteiger partial charge in [0.15, 0.2) is 5.69 Å². The lowest BCUT2D eigenvalue weighted by atomic mass is 10.1. The number of hydrogen-bond donors (Lipinski definition) is 1. The summed E-state index contributed by atoms with van der Waals surface area (Å²) in [6.07, 6.45) is 1.39. The van der Waals surface area contributed by atoms with Gasteiger partial charge >= 0.3 is 0 Å². The van der Waals surface area contributed by atoms with E-state index < -0.39 is 10.0 Å². The summed E-state index contributed by atoms with van der Waals surface area (Å²) in [5.41, 5.74) is 6.20. The van der Waals surface area contributed by atoms with E-state index in [4.69, 9.17) is 12.3 Å². The SMILES string of the molecule is [C-]#[N+]c1ccc(S(=O)(=O)N2CCC(N)CC2)cc1. The molecule has 96 valence electrons. The molecule has 1 aliphatic rings. The molecule has 0 aromatic heterocycles. The predicted molar refractivity (Wildman–Crippen MR) is 68.7 cm³/mol. The molecule has 2 rings (SSSR count). The van der Waals surface area contributed by atoms with Crippen LogP contribution < -0.4 is 5.73 Å². The molecule has 0 bridgehead atoms. The van der Waals surface area contributed by atoms with Crippen molar-refractivity contribution in [3.8, 4) is 0 Å². The highest BCUT2D eigenvalue weighted by Crippen LogP contribution is 2.22. The van der Waals surface area contributed by atoms with Gasteiger partial charge in [-0.2, -0.15) is 4.31 Å². The van der Waals surface area contributed by atoms with Gasteiger partial charge in [-0.15, -0.1) is 0 Å². The second kappa shape index (κ2) is 5.06. The Morgan fingerprint density at radius 2 is 1.78 bits per heavy atom. The zero-order valence-electron chi connectivity index (χ0n) is 9.91. The zero-order chi connectivity index (χ0) is 13.2. The fourth-order valence-electron chi connectivity index (χ4n) is 1.96. The number of sulfonamides is 1. The normalized spacial score (nSPS) is 18.4. The summed E-state index contributed by atoms with van der Waals surface area (Å²) in [6.45, 7) is 7.77. The average molecular weight is 265 g/mol. The van der Waals surface area contributed by atoms with Crippen LogP contribution >= 0.6 is 0 Å². The van der Waals surface area contributed by atoms with Gasteiger partial charge < -0.3 is 5.73 Å². The molecule has 1 heterocycles. The van der Waals surface area contributed by atoms with Crippen LogP contribution in [-0.2, 0) is 10.0 Å². The van der Waals surface area contributed by atoms with E-state index in [0.717, 1.165) is 0 Å². The van der Waals surface area contributed by atoms with Crippen molar-refractivity contribution in [3.05, 3.63) is 35.7 Å². The Kier molecular flexibility index (Phi) is 3.66. The first-order chi connectivity index (χ1) is 8.54. The van der Waals surface area contributed by atoms with Crippen LogP contribution in [-0.4, -0.2) is 31.9 Å². The number of nitrogens with two attached hydrogens (primary N) is 1. The van der Waals surface area contributed by atoms with Crippen molar-refractivity contribution in [3.63, 3.8) is 0 Å². The van der Waals surface area contributed by atoms with Crippen molar-refractivity contribution in [2.75, 3.05) is 13.1 Å². The van der Waals surface area contributed by atoms with Crippen LogP contribution in [0.5, 0.6) is 0 Å². The van der Waals surface area contributed by atoms with Gasteiger partial charge in [0.25, 0.3) is 0 Å². The molecule has 18 heavy (non-hydrogen) atoms. The smallest absolute Gasteiger partial charge is 0.242 e. The van der Waals surface area contributed by atoms with Crippen LogP contribution in [0.1, 0.15) is 12.8 Å². The zero-order valence-corrected chi connectivity index (χ0v) is 10.7. The van der Waals surface area contributed by atoms with Crippen LogP contribution in [0.4, 0.5) is 5.69 Å². The minimum Gasteiger partial charge on any atom is -0.328 e. The summed E-state index contributed by atoms with van der Waals surface area (Å²) in [7, 11) is -3.44. The van der Waals surface area contributed by atoms with Gasteiger partial charge in [0.05, 0.1) is 11.5 Å². The van der Waals surface area contributed by atoms with Gasteiger partial charge in [-0.1, -0.05) is 24.3 Å². The summed E-state index contributed by atoms with van der Waals surface area (Å²) < 4.78 is 26.1. The summed E-state index contributed by atoms with van der Waals surface area (Å²) in [4.78, 5) is 3.48. The van der Waals surface area contributed by atoms with E-state index in [9.17, 15) is 8.42 Å². The molecular formula is C12H15N3O2S. The van der Waals surface area contributed by atoms with Crippen molar-refractivity contribution >= 4 is 15.7 Å². The lowest BCUT2D eigenvalue weighted by Crippen LogP contribution is -2.42.